The minimum atomic E-state index is -0.835. The Morgan fingerprint density at radius 3 is 2.10 bits per heavy atom. The maximum atomic E-state index is 12.0. The molecule has 0 heterocycles. The minimum Gasteiger partial charge on any atom is -0.444 e. The molecule has 5 nitrogen and oxygen atoms in total. The molecule has 5 heteroatoms. The number of aliphatic hydroxyl groups excluding tert-OH is 1. The molecule has 0 spiro atoms. The van der Waals surface area contributed by atoms with Gasteiger partial charge in [0, 0.05) is 11.2 Å². The Kier molecular flexibility index (Phi) is 4.98. The molecule has 0 aromatic heterocycles. The second kappa shape index (κ2) is 5.87. The molecular formula is C16H30N2O3. The van der Waals surface area contributed by atoms with Crippen LogP contribution in [0.5, 0.6) is 0 Å². The van der Waals surface area contributed by atoms with Crippen molar-refractivity contribution in [3.8, 4) is 0 Å². The van der Waals surface area contributed by atoms with E-state index >= 15 is 0 Å². The predicted octanol–water partition coefficient (Wildman–Crippen LogP) is 2.70. The molecule has 0 aliphatic heterocycles. The Balaban J connectivity index is 2.71. The number of hydrogen-bond donors (Lipinski definition) is 3. The van der Waals surface area contributed by atoms with Crippen molar-refractivity contribution < 1.29 is 14.6 Å². The number of nitrogens with one attached hydrogen (secondary N) is 2. The van der Waals surface area contributed by atoms with Crippen molar-refractivity contribution >= 4 is 6.09 Å². The summed E-state index contributed by atoms with van der Waals surface area (Å²) in [5.74, 6) is 0. The average molecular weight is 298 g/mol. The Morgan fingerprint density at radius 1 is 1.24 bits per heavy atom. The van der Waals surface area contributed by atoms with Crippen LogP contribution in [0.2, 0.25) is 0 Å². The molecule has 1 amide bonds. The van der Waals surface area contributed by atoms with Crippen LogP contribution in [-0.2, 0) is 4.74 Å². The van der Waals surface area contributed by atoms with Crippen molar-refractivity contribution in [2.75, 3.05) is 0 Å². The van der Waals surface area contributed by atoms with E-state index in [1.54, 1.807) is 0 Å². The van der Waals surface area contributed by atoms with Crippen LogP contribution < -0.4 is 10.6 Å². The van der Waals surface area contributed by atoms with E-state index in [-0.39, 0.29) is 5.54 Å². The van der Waals surface area contributed by atoms with Crippen LogP contribution in [-0.4, -0.2) is 34.0 Å². The second-order valence-electron chi connectivity index (χ2n) is 7.94. The van der Waals surface area contributed by atoms with Gasteiger partial charge in [-0.1, -0.05) is 6.58 Å². The van der Waals surface area contributed by atoms with Crippen molar-refractivity contribution in [3.63, 3.8) is 0 Å². The van der Waals surface area contributed by atoms with Gasteiger partial charge in [0.1, 0.15) is 11.7 Å². The fraction of sp³-hybridized carbons (Fsp3) is 0.812. The summed E-state index contributed by atoms with van der Waals surface area (Å²) in [6, 6.07) is 0. The Hall–Kier alpha value is -1.23. The molecule has 3 N–H and O–H groups in total. The van der Waals surface area contributed by atoms with Gasteiger partial charge in [0.05, 0.1) is 5.54 Å². The van der Waals surface area contributed by atoms with E-state index < -0.39 is 23.3 Å². The van der Waals surface area contributed by atoms with Gasteiger partial charge in [-0.25, -0.2) is 4.79 Å². The predicted molar refractivity (Wildman–Crippen MR) is 84.0 cm³/mol. The van der Waals surface area contributed by atoms with Crippen LogP contribution >= 0.6 is 0 Å². The van der Waals surface area contributed by atoms with Crippen LogP contribution in [0.15, 0.2) is 12.3 Å². The molecule has 0 aromatic rings. The smallest absolute Gasteiger partial charge is 0.408 e. The van der Waals surface area contributed by atoms with E-state index in [2.05, 4.69) is 17.2 Å². The highest BCUT2D eigenvalue weighted by Gasteiger charge is 2.47. The van der Waals surface area contributed by atoms with Crippen molar-refractivity contribution in [2.45, 2.75) is 83.6 Å². The third-order valence-corrected chi connectivity index (χ3v) is 3.38. The SMILES string of the molecule is C=C(NC(C)(C)C)C(O)C1(NC(=O)OC(C)(C)C)CCC1. The molecule has 0 bridgehead atoms. The van der Waals surface area contributed by atoms with Gasteiger partial charge in [0.15, 0.2) is 0 Å². The summed E-state index contributed by atoms with van der Waals surface area (Å²) < 4.78 is 5.29. The number of ether oxygens (including phenoxy) is 1. The first-order chi connectivity index (χ1) is 9.35. The monoisotopic (exact) mass is 298 g/mol. The lowest BCUT2D eigenvalue weighted by Gasteiger charge is -2.47. The van der Waals surface area contributed by atoms with Crippen molar-refractivity contribution in [1.29, 1.82) is 0 Å². The van der Waals surface area contributed by atoms with E-state index in [1.165, 1.54) is 0 Å². The quantitative estimate of drug-likeness (QED) is 0.746. The maximum absolute atomic E-state index is 12.0. The summed E-state index contributed by atoms with van der Waals surface area (Å²) >= 11 is 0. The molecule has 1 unspecified atom stereocenters. The van der Waals surface area contributed by atoms with Gasteiger partial charge in [-0.05, 0) is 60.8 Å². The van der Waals surface area contributed by atoms with Crippen molar-refractivity contribution in [1.82, 2.24) is 10.6 Å². The lowest BCUT2D eigenvalue weighted by molar-refractivity contribution is 0.00185. The summed E-state index contributed by atoms with van der Waals surface area (Å²) in [4.78, 5) is 12.0. The van der Waals surface area contributed by atoms with Gasteiger partial charge >= 0.3 is 6.09 Å². The maximum Gasteiger partial charge on any atom is 0.408 e. The zero-order valence-electron chi connectivity index (χ0n) is 14.2. The summed E-state index contributed by atoms with van der Waals surface area (Å²) in [7, 11) is 0. The molecule has 0 aromatic carbocycles. The Labute approximate surface area is 128 Å². The zero-order chi connectivity index (χ0) is 16.5. The summed E-state index contributed by atoms with van der Waals surface area (Å²) in [5.41, 5.74) is -0.883. The molecule has 0 radical (unpaired) electrons. The largest absolute Gasteiger partial charge is 0.444 e. The van der Waals surface area contributed by atoms with Crippen LogP contribution in [0.3, 0.4) is 0 Å². The van der Waals surface area contributed by atoms with Crippen LogP contribution in [0.1, 0.15) is 60.8 Å². The van der Waals surface area contributed by atoms with Crippen molar-refractivity contribution in [3.05, 3.63) is 12.3 Å². The van der Waals surface area contributed by atoms with Crippen LogP contribution in [0, 0.1) is 0 Å². The zero-order valence-corrected chi connectivity index (χ0v) is 14.2. The number of aliphatic hydroxyl groups is 1. The molecule has 0 saturated heterocycles. The van der Waals surface area contributed by atoms with Gasteiger partial charge in [-0.2, -0.15) is 0 Å². The Morgan fingerprint density at radius 2 is 1.76 bits per heavy atom. The highest BCUT2D eigenvalue weighted by molar-refractivity contribution is 5.69. The molecular weight excluding hydrogens is 268 g/mol. The fourth-order valence-corrected chi connectivity index (χ4v) is 2.41. The standard InChI is InChI=1S/C16H30N2O3/c1-11(17-14(2,3)4)12(19)16(9-8-10-16)18-13(20)21-15(5,6)7/h12,17,19H,1,8-10H2,2-7H3,(H,18,20). The van der Waals surface area contributed by atoms with E-state index in [4.69, 9.17) is 4.74 Å². The molecule has 1 saturated carbocycles. The first kappa shape index (κ1) is 17.8. The number of carbonyl (C=O) groups is 1. The van der Waals surface area contributed by atoms with Gasteiger partial charge in [0.2, 0.25) is 0 Å². The van der Waals surface area contributed by atoms with E-state index in [1.807, 2.05) is 41.5 Å². The Bertz CT molecular complexity index is 401. The number of hydrogen-bond acceptors (Lipinski definition) is 4. The summed E-state index contributed by atoms with van der Waals surface area (Å²) in [6.45, 7) is 15.4. The lowest BCUT2D eigenvalue weighted by atomic mass is 9.71. The highest BCUT2D eigenvalue weighted by Crippen LogP contribution is 2.37. The van der Waals surface area contributed by atoms with Crippen LogP contribution in [0.4, 0.5) is 4.79 Å². The van der Waals surface area contributed by atoms with Crippen molar-refractivity contribution in [2.24, 2.45) is 0 Å². The highest BCUT2D eigenvalue weighted by atomic mass is 16.6. The first-order valence-electron chi connectivity index (χ1n) is 7.51. The number of amides is 1. The van der Waals surface area contributed by atoms with E-state index in [0.29, 0.717) is 5.70 Å². The van der Waals surface area contributed by atoms with Gasteiger partial charge < -0.3 is 20.5 Å². The third kappa shape index (κ3) is 5.23. The molecule has 1 atom stereocenters. The van der Waals surface area contributed by atoms with Gasteiger partial charge in [-0.3, -0.25) is 0 Å². The normalized spacial score (nSPS) is 19.2. The molecule has 21 heavy (non-hydrogen) atoms. The summed E-state index contributed by atoms with van der Waals surface area (Å²) in [5, 5.41) is 16.6. The fourth-order valence-electron chi connectivity index (χ4n) is 2.41. The van der Waals surface area contributed by atoms with Gasteiger partial charge in [-0.15, -0.1) is 0 Å². The third-order valence-electron chi connectivity index (χ3n) is 3.38. The minimum absolute atomic E-state index is 0.186. The van der Waals surface area contributed by atoms with Gasteiger partial charge in [0.25, 0.3) is 0 Å². The van der Waals surface area contributed by atoms with E-state index in [0.717, 1.165) is 19.3 Å². The summed E-state index contributed by atoms with van der Waals surface area (Å²) in [6.07, 6.45) is 1.08. The second-order valence-corrected chi connectivity index (χ2v) is 7.94. The molecule has 1 aliphatic carbocycles. The van der Waals surface area contributed by atoms with E-state index in [9.17, 15) is 9.90 Å². The molecule has 1 rings (SSSR count). The average Bonchev–Trinajstić information content (AvgIpc) is 2.17. The lowest BCUT2D eigenvalue weighted by Crippen LogP contribution is -2.63. The number of carbonyl (C=O) groups excluding carboxylic acids is 1. The topological polar surface area (TPSA) is 70.6 Å². The molecule has 1 fully saturated rings. The first-order valence-corrected chi connectivity index (χ1v) is 7.51. The molecule has 122 valence electrons. The number of alkyl carbamates (subject to hydrolysis) is 1. The molecule has 1 aliphatic rings. The van der Waals surface area contributed by atoms with Crippen LogP contribution in [0.25, 0.3) is 0 Å². The number of rotatable bonds is 4.